The van der Waals surface area contributed by atoms with E-state index in [1.807, 2.05) is 0 Å². The number of anilines is 1. The fraction of sp³-hybridized carbons (Fsp3) is 0.125. The summed E-state index contributed by atoms with van der Waals surface area (Å²) in [6, 6.07) is 7.18. The predicted octanol–water partition coefficient (Wildman–Crippen LogP) is 3.53. The molecule has 0 radical (unpaired) electrons. The molecule has 10 heteroatoms. The van der Waals surface area contributed by atoms with Crippen molar-refractivity contribution in [3.63, 3.8) is 0 Å². The van der Waals surface area contributed by atoms with E-state index in [2.05, 4.69) is 10.3 Å². The maximum atomic E-state index is 13.0. The first-order valence-corrected chi connectivity index (χ1v) is 10.5. The lowest BCUT2D eigenvalue weighted by atomic mass is 10.2. The molecule has 0 saturated heterocycles. The fourth-order valence-corrected chi connectivity index (χ4v) is 5.01. The molecule has 0 aliphatic carbocycles. The van der Waals surface area contributed by atoms with Gasteiger partial charge in [0.15, 0.2) is 0 Å². The Hall–Kier alpha value is -2.14. The summed E-state index contributed by atoms with van der Waals surface area (Å²) in [4.78, 5) is 18.0. The number of carbonyl (C=O) groups is 1. The highest BCUT2D eigenvalue weighted by Gasteiger charge is 2.20. The van der Waals surface area contributed by atoms with Crippen LogP contribution in [0.3, 0.4) is 0 Å². The van der Waals surface area contributed by atoms with Gasteiger partial charge in [0.2, 0.25) is 10.0 Å². The molecule has 0 aliphatic rings. The molecule has 0 spiro atoms. The van der Waals surface area contributed by atoms with Gasteiger partial charge in [0.25, 0.3) is 5.91 Å². The van der Waals surface area contributed by atoms with E-state index >= 15 is 0 Å². The minimum Gasteiger partial charge on any atom is -0.320 e. The van der Waals surface area contributed by atoms with Crippen molar-refractivity contribution < 1.29 is 17.6 Å². The lowest BCUT2D eigenvalue weighted by Gasteiger charge is -2.02. The third-order valence-electron chi connectivity index (χ3n) is 3.52. The number of nitrogens with one attached hydrogen (secondary N) is 1. The molecule has 2 heterocycles. The molecule has 3 aromatic rings. The molecule has 136 valence electrons. The number of nitrogens with zero attached hydrogens (tertiary/aromatic N) is 1. The van der Waals surface area contributed by atoms with Crippen LogP contribution in [-0.2, 0) is 10.0 Å². The van der Waals surface area contributed by atoms with Crippen LogP contribution in [0, 0.1) is 19.7 Å². The Balaban J connectivity index is 1.87. The topological polar surface area (TPSA) is 102 Å². The summed E-state index contributed by atoms with van der Waals surface area (Å²) in [5.74, 6) is -0.742. The van der Waals surface area contributed by atoms with Crippen molar-refractivity contribution in [2.24, 2.45) is 5.14 Å². The Kier molecular flexibility index (Phi) is 4.93. The molecule has 0 fully saturated rings. The Bertz CT molecular complexity index is 1090. The minimum absolute atomic E-state index is 0.0154. The van der Waals surface area contributed by atoms with Gasteiger partial charge in [0, 0.05) is 10.4 Å². The van der Waals surface area contributed by atoms with Crippen molar-refractivity contribution >= 4 is 44.3 Å². The van der Waals surface area contributed by atoms with Crippen LogP contribution >= 0.6 is 22.7 Å². The SMILES string of the molecule is Cc1nc(-c2ccc(F)cc2)sc1C(=O)Nc1cc(S(N)(=O)=O)sc1C. The van der Waals surface area contributed by atoms with E-state index in [0.717, 1.165) is 11.3 Å². The summed E-state index contributed by atoms with van der Waals surface area (Å²) in [6.07, 6.45) is 0. The monoisotopic (exact) mass is 411 g/mol. The summed E-state index contributed by atoms with van der Waals surface area (Å²) >= 11 is 2.17. The van der Waals surface area contributed by atoms with E-state index in [1.54, 1.807) is 26.0 Å². The number of hydrogen-bond acceptors (Lipinski definition) is 6. The molecule has 26 heavy (non-hydrogen) atoms. The first kappa shape index (κ1) is 18.6. The van der Waals surface area contributed by atoms with Crippen molar-refractivity contribution in [3.05, 3.63) is 51.6 Å². The Morgan fingerprint density at radius 1 is 1.19 bits per heavy atom. The molecule has 1 amide bonds. The number of thiophene rings is 1. The largest absolute Gasteiger partial charge is 0.320 e. The Morgan fingerprint density at radius 3 is 2.42 bits per heavy atom. The number of nitrogens with two attached hydrogens (primary N) is 1. The van der Waals surface area contributed by atoms with Crippen LogP contribution in [0.25, 0.3) is 10.6 Å². The summed E-state index contributed by atoms with van der Waals surface area (Å²) in [7, 11) is -3.82. The summed E-state index contributed by atoms with van der Waals surface area (Å²) in [5, 5.41) is 8.41. The van der Waals surface area contributed by atoms with Crippen LogP contribution in [0.1, 0.15) is 20.2 Å². The second-order valence-electron chi connectivity index (χ2n) is 5.47. The van der Waals surface area contributed by atoms with Gasteiger partial charge in [-0.05, 0) is 44.2 Å². The predicted molar refractivity (Wildman–Crippen MR) is 101 cm³/mol. The molecule has 3 rings (SSSR count). The minimum atomic E-state index is -3.82. The molecule has 0 saturated carbocycles. The number of rotatable bonds is 4. The second kappa shape index (κ2) is 6.88. The number of aryl methyl sites for hydroxylation is 2. The van der Waals surface area contributed by atoms with E-state index in [4.69, 9.17) is 5.14 Å². The van der Waals surface area contributed by atoms with Crippen molar-refractivity contribution in [1.29, 1.82) is 0 Å². The molecule has 0 aliphatic heterocycles. The summed E-state index contributed by atoms with van der Waals surface area (Å²) < 4.78 is 35.9. The number of carbonyl (C=O) groups excluding carboxylic acids is 1. The zero-order valence-corrected chi connectivity index (χ0v) is 16.2. The molecule has 3 N–H and O–H groups in total. The number of benzene rings is 1. The van der Waals surface area contributed by atoms with Gasteiger partial charge in [0.05, 0.1) is 11.4 Å². The van der Waals surface area contributed by atoms with Gasteiger partial charge in [-0.25, -0.2) is 22.9 Å². The van der Waals surface area contributed by atoms with E-state index in [0.29, 0.717) is 31.7 Å². The van der Waals surface area contributed by atoms with Gasteiger partial charge in [-0.15, -0.1) is 22.7 Å². The van der Waals surface area contributed by atoms with Crippen LogP contribution in [0.15, 0.2) is 34.5 Å². The van der Waals surface area contributed by atoms with Crippen LogP contribution in [0.4, 0.5) is 10.1 Å². The number of halogens is 1. The van der Waals surface area contributed by atoms with Gasteiger partial charge in [-0.3, -0.25) is 4.79 Å². The number of amides is 1. The highest BCUT2D eigenvalue weighted by molar-refractivity contribution is 7.91. The first-order chi connectivity index (χ1) is 12.1. The average Bonchev–Trinajstić information content (AvgIpc) is 3.11. The van der Waals surface area contributed by atoms with Gasteiger partial charge in [0.1, 0.15) is 19.9 Å². The number of hydrogen-bond donors (Lipinski definition) is 2. The number of thiazole rings is 1. The summed E-state index contributed by atoms with van der Waals surface area (Å²) in [5.41, 5.74) is 1.63. The maximum absolute atomic E-state index is 13.0. The zero-order valence-electron chi connectivity index (χ0n) is 13.7. The lowest BCUT2D eigenvalue weighted by Crippen LogP contribution is -2.12. The normalized spacial score (nSPS) is 11.5. The molecule has 6 nitrogen and oxygen atoms in total. The van der Waals surface area contributed by atoms with Gasteiger partial charge < -0.3 is 5.32 Å². The molecular formula is C16H14FN3O3S3. The van der Waals surface area contributed by atoms with E-state index in [9.17, 15) is 17.6 Å². The highest BCUT2D eigenvalue weighted by atomic mass is 32.2. The van der Waals surface area contributed by atoms with E-state index in [1.165, 1.54) is 29.5 Å². The third-order valence-corrected chi connectivity index (χ3v) is 7.19. The Labute approximate surface area is 157 Å². The molecule has 0 unspecified atom stereocenters. The number of sulfonamides is 1. The van der Waals surface area contributed by atoms with Gasteiger partial charge in [-0.1, -0.05) is 0 Å². The van der Waals surface area contributed by atoms with Crippen LogP contribution in [0.2, 0.25) is 0 Å². The van der Waals surface area contributed by atoms with Crippen molar-refractivity contribution in [2.45, 2.75) is 18.1 Å². The maximum Gasteiger partial charge on any atom is 0.267 e. The van der Waals surface area contributed by atoms with E-state index < -0.39 is 15.9 Å². The molecular weight excluding hydrogens is 397 g/mol. The Morgan fingerprint density at radius 2 is 1.85 bits per heavy atom. The standard InChI is InChI=1S/C16H14FN3O3S3/c1-8-14(25-16(19-8)10-3-5-11(17)6-4-10)15(21)20-12-7-13(24-9(12)2)26(18,22)23/h3-7H,1-2H3,(H,20,21)(H2,18,22,23). The highest BCUT2D eigenvalue weighted by Crippen LogP contribution is 2.32. The molecule has 0 bridgehead atoms. The number of aromatic nitrogens is 1. The average molecular weight is 412 g/mol. The van der Waals surface area contributed by atoms with Crippen LogP contribution in [0.5, 0.6) is 0 Å². The third kappa shape index (κ3) is 3.83. The van der Waals surface area contributed by atoms with Gasteiger partial charge in [-0.2, -0.15) is 0 Å². The smallest absolute Gasteiger partial charge is 0.267 e. The summed E-state index contributed by atoms with van der Waals surface area (Å²) in [6.45, 7) is 3.40. The van der Waals surface area contributed by atoms with Crippen molar-refractivity contribution in [1.82, 2.24) is 4.98 Å². The van der Waals surface area contributed by atoms with Crippen molar-refractivity contribution in [2.75, 3.05) is 5.32 Å². The van der Waals surface area contributed by atoms with E-state index in [-0.39, 0.29) is 10.0 Å². The lowest BCUT2D eigenvalue weighted by molar-refractivity contribution is 0.102. The van der Waals surface area contributed by atoms with Crippen LogP contribution in [-0.4, -0.2) is 19.3 Å². The first-order valence-electron chi connectivity index (χ1n) is 7.33. The molecule has 2 aromatic heterocycles. The van der Waals surface area contributed by atoms with Crippen molar-refractivity contribution in [3.8, 4) is 10.6 Å². The quantitative estimate of drug-likeness (QED) is 0.685. The molecule has 0 atom stereocenters. The molecule has 1 aromatic carbocycles. The zero-order chi connectivity index (χ0) is 19.1. The number of primary sulfonamides is 1. The van der Waals surface area contributed by atoms with Crippen LogP contribution < -0.4 is 10.5 Å². The second-order valence-corrected chi connectivity index (χ2v) is 9.52. The fourth-order valence-electron chi connectivity index (χ4n) is 2.22. The van der Waals surface area contributed by atoms with Gasteiger partial charge >= 0.3 is 0 Å².